The van der Waals surface area contributed by atoms with Gasteiger partial charge in [0.1, 0.15) is 0 Å². The highest BCUT2D eigenvalue weighted by atomic mass is 32.1. The lowest BCUT2D eigenvalue weighted by molar-refractivity contribution is 0.144. The average molecular weight is 345 g/mol. The molecule has 0 amide bonds. The molecule has 0 saturated carbocycles. The van der Waals surface area contributed by atoms with Crippen molar-refractivity contribution in [2.24, 2.45) is 0 Å². The van der Waals surface area contributed by atoms with Gasteiger partial charge >= 0.3 is 0 Å². The summed E-state index contributed by atoms with van der Waals surface area (Å²) in [5.41, 5.74) is 5.20. The molecule has 0 radical (unpaired) electrons. The Balaban J connectivity index is 1.78. The molecule has 5 heteroatoms. The molecule has 4 nitrogen and oxygen atoms in total. The summed E-state index contributed by atoms with van der Waals surface area (Å²) in [7, 11) is 4.16. The Bertz CT molecular complexity index is 647. The van der Waals surface area contributed by atoms with E-state index >= 15 is 0 Å². The van der Waals surface area contributed by atoms with Crippen molar-refractivity contribution in [1.29, 1.82) is 0 Å². The van der Waals surface area contributed by atoms with Crippen molar-refractivity contribution < 1.29 is 0 Å². The molecule has 3 rings (SSSR count). The maximum absolute atomic E-state index is 4.48. The standard InChI is InChI=1S/C19H28N4S/c1-4-23-12-17(13-23)21-10-16(9-20-2)15-7-14-8-18(24)5-6-19(14)22(3)11-15/h5-8,10,17,20-21,24H,4,9,11-13H2,1-3H3/b16-10+. The van der Waals surface area contributed by atoms with Gasteiger partial charge in [-0.3, -0.25) is 4.90 Å². The molecule has 1 saturated heterocycles. The Morgan fingerprint density at radius 1 is 1.38 bits per heavy atom. The number of benzene rings is 1. The highest BCUT2D eigenvalue weighted by molar-refractivity contribution is 7.80. The van der Waals surface area contributed by atoms with Crippen molar-refractivity contribution in [3.8, 4) is 0 Å². The monoisotopic (exact) mass is 344 g/mol. The van der Waals surface area contributed by atoms with E-state index in [1.807, 2.05) is 7.05 Å². The summed E-state index contributed by atoms with van der Waals surface area (Å²) in [4.78, 5) is 5.76. The average Bonchev–Trinajstić information content (AvgIpc) is 2.52. The SMILES string of the molecule is CCN1CC(N/C=C(\CNC)C2=Cc3cc(S)ccc3N(C)C2)C1. The van der Waals surface area contributed by atoms with Crippen LogP contribution in [0.2, 0.25) is 0 Å². The zero-order valence-electron chi connectivity index (χ0n) is 14.8. The summed E-state index contributed by atoms with van der Waals surface area (Å²) in [5, 5.41) is 6.90. The minimum Gasteiger partial charge on any atom is -0.385 e. The fraction of sp³-hybridized carbons (Fsp3) is 0.474. The number of anilines is 1. The van der Waals surface area contributed by atoms with Gasteiger partial charge < -0.3 is 15.5 Å². The molecule has 0 spiro atoms. The molecule has 130 valence electrons. The maximum Gasteiger partial charge on any atom is 0.0510 e. The van der Waals surface area contributed by atoms with Crippen LogP contribution in [-0.2, 0) is 0 Å². The fourth-order valence-electron chi connectivity index (χ4n) is 3.37. The van der Waals surface area contributed by atoms with E-state index in [1.165, 1.54) is 22.4 Å². The van der Waals surface area contributed by atoms with Crippen LogP contribution >= 0.6 is 12.6 Å². The fourth-order valence-corrected chi connectivity index (χ4v) is 3.59. The highest BCUT2D eigenvalue weighted by Crippen LogP contribution is 2.31. The number of rotatable bonds is 6. The second kappa shape index (κ2) is 7.64. The third kappa shape index (κ3) is 3.79. The number of hydrogen-bond acceptors (Lipinski definition) is 5. The van der Waals surface area contributed by atoms with E-state index in [0.717, 1.165) is 37.6 Å². The summed E-state index contributed by atoms with van der Waals surface area (Å²) < 4.78 is 0. The van der Waals surface area contributed by atoms with E-state index in [9.17, 15) is 0 Å². The molecule has 1 fully saturated rings. The minimum absolute atomic E-state index is 0.579. The summed E-state index contributed by atoms with van der Waals surface area (Å²) in [6.07, 6.45) is 4.52. The van der Waals surface area contributed by atoms with Gasteiger partial charge in [0.25, 0.3) is 0 Å². The molecular formula is C19H28N4S. The van der Waals surface area contributed by atoms with Crippen molar-refractivity contribution in [3.63, 3.8) is 0 Å². The molecule has 2 heterocycles. The second-order valence-electron chi connectivity index (χ2n) is 6.68. The van der Waals surface area contributed by atoms with E-state index in [1.54, 1.807) is 0 Å². The van der Waals surface area contributed by atoms with Crippen LogP contribution in [-0.4, -0.2) is 57.8 Å². The first-order chi connectivity index (χ1) is 11.6. The second-order valence-corrected chi connectivity index (χ2v) is 7.20. The van der Waals surface area contributed by atoms with Gasteiger partial charge in [-0.05, 0) is 54.6 Å². The molecule has 2 aliphatic heterocycles. The van der Waals surface area contributed by atoms with Crippen LogP contribution in [0.5, 0.6) is 0 Å². The summed E-state index contributed by atoms with van der Waals surface area (Å²) in [5.74, 6) is 0. The summed E-state index contributed by atoms with van der Waals surface area (Å²) >= 11 is 4.48. The zero-order valence-corrected chi connectivity index (χ0v) is 15.7. The van der Waals surface area contributed by atoms with E-state index in [2.05, 4.69) is 77.5 Å². The van der Waals surface area contributed by atoms with Gasteiger partial charge in [-0.25, -0.2) is 0 Å². The number of thiol groups is 1. The Labute approximate surface area is 151 Å². The number of likely N-dealkylation sites (tertiary alicyclic amines) is 1. The number of nitrogens with one attached hydrogen (secondary N) is 2. The van der Waals surface area contributed by atoms with Gasteiger partial charge in [0, 0.05) is 50.0 Å². The molecule has 0 bridgehead atoms. The van der Waals surface area contributed by atoms with Gasteiger partial charge in [0.15, 0.2) is 0 Å². The largest absolute Gasteiger partial charge is 0.385 e. The van der Waals surface area contributed by atoms with Crippen LogP contribution < -0.4 is 15.5 Å². The van der Waals surface area contributed by atoms with Crippen LogP contribution in [0.4, 0.5) is 5.69 Å². The number of fused-ring (bicyclic) bond motifs is 1. The Morgan fingerprint density at radius 2 is 2.17 bits per heavy atom. The first-order valence-corrected chi connectivity index (χ1v) is 9.12. The smallest absolute Gasteiger partial charge is 0.0510 e. The van der Waals surface area contributed by atoms with E-state index in [0.29, 0.717) is 6.04 Å². The number of likely N-dealkylation sites (N-methyl/N-ethyl adjacent to an activating group) is 3. The summed E-state index contributed by atoms with van der Waals surface area (Å²) in [6.45, 7) is 7.44. The lowest BCUT2D eigenvalue weighted by Crippen LogP contribution is -2.56. The molecular weight excluding hydrogens is 316 g/mol. The number of nitrogens with zero attached hydrogens (tertiary/aromatic N) is 2. The third-order valence-electron chi connectivity index (χ3n) is 4.84. The van der Waals surface area contributed by atoms with Crippen molar-refractivity contribution in [2.75, 3.05) is 51.7 Å². The van der Waals surface area contributed by atoms with Crippen molar-refractivity contribution in [3.05, 3.63) is 41.1 Å². The Hall–Kier alpha value is -1.43. The van der Waals surface area contributed by atoms with Crippen LogP contribution in [0.15, 0.2) is 40.4 Å². The molecule has 1 aromatic rings. The first-order valence-electron chi connectivity index (χ1n) is 8.68. The van der Waals surface area contributed by atoms with Crippen molar-refractivity contribution in [1.82, 2.24) is 15.5 Å². The molecule has 24 heavy (non-hydrogen) atoms. The molecule has 2 N–H and O–H groups in total. The predicted octanol–water partition coefficient (Wildman–Crippen LogP) is 2.21. The summed E-state index contributed by atoms with van der Waals surface area (Å²) in [6, 6.07) is 6.93. The van der Waals surface area contributed by atoms with Gasteiger partial charge in [-0.15, -0.1) is 12.6 Å². The maximum atomic E-state index is 4.48. The van der Waals surface area contributed by atoms with Crippen LogP contribution in [0.3, 0.4) is 0 Å². The third-order valence-corrected chi connectivity index (χ3v) is 5.12. The van der Waals surface area contributed by atoms with E-state index in [-0.39, 0.29) is 0 Å². The van der Waals surface area contributed by atoms with E-state index < -0.39 is 0 Å². The lowest BCUT2D eigenvalue weighted by Gasteiger charge is -2.39. The van der Waals surface area contributed by atoms with Crippen LogP contribution in [0.25, 0.3) is 6.08 Å². The zero-order chi connectivity index (χ0) is 17.1. The molecule has 0 atom stereocenters. The Morgan fingerprint density at radius 3 is 2.88 bits per heavy atom. The molecule has 2 aliphatic rings. The normalized spacial score (nSPS) is 18.9. The predicted molar refractivity (Wildman–Crippen MR) is 106 cm³/mol. The molecule has 0 aliphatic carbocycles. The van der Waals surface area contributed by atoms with Crippen LogP contribution in [0, 0.1) is 0 Å². The number of hydrogen-bond donors (Lipinski definition) is 3. The van der Waals surface area contributed by atoms with Crippen molar-refractivity contribution in [2.45, 2.75) is 17.9 Å². The first kappa shape index (κ1) is 17.4. The van der Waals surface area contributed by atoms with E-state index in [4.69, 9.17) is 0 Å². The molecule has 1 aromatic carbocycles. The van der Waals surface area contributed by atoms with Crippen LogP contribution in [0.1, 0.15) is 12.5 Å². The highest BCUT2D eigenvalue weighted by Gasteiger charge is 2.24. The topological polar surface area (TPSA) is 30.5 Å². The Kier molecular flexibility index (Phi) is 5.54. The minimum atomic E-state index is 0.579. The molecule has 0 aromatic heterocycles. The van der Waals surface area contributed by atoms with Crippen molar-refractivity contribution >= 4 is 24.4 Å². The van der Waals surface area contributed by atoms with Gasteiger partial charge in [0.05, 0.1) is 6.04 Å². The van der Waals surface area contributed by atoms with Gasteiger partial charge in [-0.2, -0.15) is 0 Å². The quantitative estimate of drug-likeness (QED) is 0.691. The molecule has 0 unspecified atom stereocenters. The van der Waals surface area contributed by atoms with Gasteiger partial charge in [0.2, 0.25) is 0 Å². The van der Waals surface area contributed by atoms with Gasteiger partial charge in [-0.1, -0.05) is 6.92 Å². The lowest BCUT2D eigenvalue weighted by atomic mass is 9.97.